The first kappa shape index (κ1) is 16.2. The van der Waals surface area contributed by atoms with Gasteiger partial charge in [0.1, 0.15) is 4.47 Å². The van der Waals surface area contributed by atoms with Crippen molar-refractivity contribution >= 4 is 33.0 Å². The van der Waals surface area contributed by atoms with E-state index in [4.69, 9.17) is 0 Å². The summed E-state index contributed by atoms with van der Waals surface area (Å²) in [5, 5.41) is 10.4. The summed E-state index contributed by atoms with van der Waals surface area (Å²) >= 11 is 4.98. The van der Waals surface area contributed by atoms with Crippen LogP contribution in [-0.4, -0.2) is 21.3 Å². The zero-order valence-corrected chi connectivity index (χ0v) is 15.0. The van der Waals surface area contributed by atoms with Crippen molar-refractivity contribution in [2.75, 3.05) is 11.9 Å². The summed E-state index contributed by atoms with van der Waals surface area (Å²) in [6.07, 6.45) is 2.47. The lowest BCUT2D eigenvalue weighted by atomic mass is 9.93. The fourth-order valence-corrected chi connectivity index (χ4v) is 3.23. The van der Waals surface area contributed by atoms with E-state index in [0.29, 0.717) is 16.7 Å². The van der Waals surface area contributed by atoms with Crippen LogP contribution in [0.5, 0.6) is 0 Å². The van der Waals surface area contributed by atoms with Crippen LogP contribution in [0.15, 0.2) is 20.8 Å². The van der Waals surface area contributed by atoms with E-state index in [0.717, 1.165) is 17.1 Å². The molecule has 0 spiro atoms. The van der Waals surface area contributed by atoms with Crippen molar-refractivity contribution in [3.05, 3.63) is 37.1 Å². The van der Waals surface area contributed by atoms with E-state index in [1.165, 1.54) is 4.68 Å². The second-order valence-electron chi connectivity index (χ2n) is 5.85. The highest BCUT2D eigenvalue weighted by molar-refractivity contribution is 9.10. The maximum atomic E-state index is 11.7. The summed E-state index contributed by atoms with van der Waals surface area (Å²) in [4.78, 5) is 16.4. The molecule has 0 atom stereocenters. The van der Waals surface area contributed by atoms with Crippen LogP contribution in [0.3, 0.4) is 0 Å². The minimum Gasteiger partial charge on any atom is -0.382 e. The largest absolute Gasteiger partial charge is 0.382 e. The first-order chi connectivity index (χ1) is 9.79. The predicted molar refractivity (Wildman–Crippen MR) is 90.2 cm³/mol. The second kappa shape index (κ2) is 6.27. The highest BCUT2D eigenvalue weighted by Crippen LogP contribution is 2.24. The predicted octanol–water partition coefficient (Wildman–Crippen LogP) is 2.95. The van der Waals surface area contributed by atoms with Crippen LogP contribution in [0, 0.1) is 0 Å². The number of thiazole rings is 1. The molecule has 0 aliphatic rings. The molecule has 0 aliphatic carbocycles. The highest BCUT2D eigenvalue weighted by atomic mass is 79.9. The molecule has 2 heterocycles. The van der Waals surface area contributed by atoms with Gasteiger partial charge in [-0.3, -0.25) is 4.79 Å². The standard InChI is InChI=1S/C14H19BrN4OS/c1-14(2,3)10-8-21-11(18-10)5-6-16-9-7-17-19(4)13(20)12(9)15/h7-8,16H,5-6H2,1-4H3. The molecular weight excluding hydrogens is 352 g/mol. The Bertz CT molecular complexity index is 687. The van der Waals surface area contributed by atoms with Gasteiger partial charge in [0.05, 0.1) is 22.6 Å². The van der Waals surface area contributed by atoms with Crippen molar-refractivity contribution in [2.45, 2.75) is 32.6 Å². The molecule has 0 aliphatic heterocycles. The molecule has 0 unspecified atom stereocenters. The van der Waals surface area contributed by atoms with E-state index in [1.807, 2.05) is 0 Å². The maximum Gasteiger partial charge on any atom is 0.282 e. The lowest BCUT2D eigenvalue weighted by molar-refractivity contribution is 0.571. The van der Waals surface area contributed by atoms with Gasteiger partial charge in [0.15, 0.2) is 0 Å². The fourth-order valence-electron chi connectivity index (χ4n) is 1.71. The third kappa shape index (κ3) is 3.91. The number of rotatable bonds is 4. The van der Waals surface area contributed by atoms with Gasteiger partial charge in [-0.25, -0.2) is 9.67 Å². The van der Waals surface area contributed by atoms with Crippen molar-refractivity contribution in [1.82, 2.24) is 14.8 Å². The Kier molecular flexibility index (Phi) is 4.83. The van der Waals surface area contributed by atoms with Crippen molar-refractivity contribution in [2.24, 2.45) is 7.05 Å². The molecule has 0 fully saturated rings. The van der Waals surface area contributed by atoms with Gasteiger partial charge in [0.25, 0.3) is 5.56 Å². The topological polar surface area (TPSA) is 59.8 Å². The maximum absolute atomic E-state index is 11.7. The van der Waals surface area contributed by atoms with Gasteiger partial charge in [-0.05, 0) is 15.9 Å². The number of halogens is 1. The summed E-state index contributed by atoms with van der Waals surface area (Å²) < 4.78 is 1.81. The van der Waals surface area contributed by atoms with E-state index in [-0.39, 0.29) is 11.0 Å². The number of hydrogen-bond donors (Lipinski definition) is 1. The minimum atomic E-state index is -0.149. The summed E-state index contributed by atoms with van der Waals surface area (Å²) in [5.74, 6) is 0. The molecule has 0 bridgehead atoms. The number of hydrogen-bond acceptors (Lipinski definition) is 5. The van der Waals surface area contributed by atoms with Gasteiger partial charge >= 0.3 is 0 Å². The first-order valence-corrected chi connectivity index (χ1v) is 8.37. The van der Waals surface area contributed by atoms with Crippen LogP contribution in [0.25, 0.3) is 0 Å². The number of nitrogens with zero attached hydrogens (tertiary/aromatic N) is 3. The zero-order chi connectivity index (χ0) is 15.6. The lowest BCUT2D eigenvalue weighted by Gasteiger charge is -2.14. The number of aromatic nitrogens is 3. The fraction of sp³-hybridized carbons (Fsp3) is 0.500. The zero-order valence-electron chi connectivity index (χ0n) is 12.6. The molecule has 2 rings (SSSR count). The third-order valence-electron chi connectivity index (χ3n) is 3.05. The smallest absolute Gasteiger partial charge is 0.282 e. The normalized spacial score (nSPS) is 11.7. The monoisotopic (exact) mass is 370 g/mol. The quantitative estimate of drug-likeness (QED) is 0.898. The van der Waals surface area contributed by atoms with Crippen molar-refractivity contribution in [3.8, 4) is 0 Å². The number of anilines is 1. The van der Waals surface area contributed by atoms with Gasteiger partial charge in [0.2, 0.25) is 0 Å². The molecular formula is C14H19BrN4OS. The van der Waals surface area contributed by atoms with Crippen molar-refractivity contribution in [1.29, 1.82) is 0 Å². The van der Waals surface area contributed by atoms with Crippen LogP contribution in [0.4, 0.5) is 5.69 Å². The Hall–Kier alpha value is -1.21. The first-order valence-electron chi connectivity index (χ1n) is 6.69. The van der Waals surface area contributed by atoms with Gasteiger partial charge in [-0.2, -0.15) is 5.10 Å². The van der Waals surface area contributed by atoms with Crippen LogP contribution >= 0.6 is 27.3 Å². The third-order valence-corrected chi connectivity index (χ3v) is 4.73. The minimum absolute atomic E-state index is 0.0841. The molecule has 2 aromatic heterocycles. The Labute approximate surface area is 136 Å². The molecule has 5 nitrogen and oxygen atoms in total. The Morgan fingerprint density at radius 3 is 2.76 bits per heavy atom. The van der Waals surface area contributed by atoms with E-state index >= 15 is 0 Å². The SMILES string of the molecule is Cn1ncc(NCCc2nc(C(C)(C)C)cs2)c(Br)c1=O. The molecule has 21 heavy (non-hydrogen) atoms. The molecule has 0 aromatic carbocycles. The van der Waals surface area contributed by atoms with Gasteiger partial charge < -0.3 is 5.32 Å². The Morgan fingerprint density at radius 1 is 1.43 bits per heavy atom. The highest BCUT2D eigenvalue weighted by Gasteiger charge is 2.17. The molecule has 2 aromatic rings. The molecule has 0 amide bonds. The van der Waals surface area contributed by atoms with Crippen molar-refractivity contribution < 1.29 is 0 Å². The van der Waals surface area contributed by atoms with Crippen molar-refractivity contribution in [3.63, 3.8) is 0 Å². The van der Waals surface area contributed by atoms with Gasteiger partial charge in [-0.15, -0.1) is 11.3 Å². The Morgan fingerprint density at radius 2 is 2.14 bits per heavy atom. The average Bonchev–Trinajstić information content (AvgIpc) is 2.87. The summed E-state index contributed by atoms with van der Waals surface area (Å²) in [7, 11) is 1.63. The van der Waals surface area contributed by atoms with E-state index < -0.39 is 0 Å². The molecule has 114 valence electrons. The lowest BCUT2D eigenvalue weighted by Crippen LogP contribution is -2.21. The van der Waals surface area contributed by atoms with E-state index in [9.17, 15) is 4.79 Å². The van der Waals surface area contributed by atoms with E-state index in [2.05, 4.69) is 57.5 Å². The molecule has 0 saturated heterocycles. The van der Waals surface area contributed by atoms with Crippen LogP contribution < -0.4 is 10.9 Å². The second-order valence-corrected chi connectivity index (χ2v) is 7.59. The Balaban J connectivity index is 1.98. The number of aryl methyl sites for hydroxylation is 1. The summed E-state index contributed by atoms with van der Waals surface area (Å²) in [6, 6.07) is 0. The van der Waals surface area contributed by atoms with Crippen LogP contribution in [0.1, 0.15) is 31.5 Å². The molecule has 0 saturated carbocycles. The number of nitrogens with one attached hydrogen (secondary N) is 1. The summed E-state index contributed by atoms with van der Waals surface area (Å²) in [6.45, 7) is 7.19. The summed E-state index contributed by atoms with van der Waals surface area (Å²) in [5.41, 5.74) is 1.77. The van der Waals surface area contributed by atoms with Gasteiger partial charge in [0, 0.05) is 30.8 Å². The van der Waals surface area contributed by atoms with Crippen LogP contribution in [-0.2, 0) is 18.9 Å². The molecule has 0 radical (unpaired) electrons. The molecule has 7 heteroatoms. The molecule has 1 N–H and O–H groups in total. The van der Waals surface area contributed by atoms with Gasteiger partial charge in [-0.1, -0.05) is 20.8 Å². The average molecular weight is 371 g/mol. The van der Waals surface area contributed by atoms with Crippen LogP contribution in [0.2, 0.25) is 0 Å². The van der Waals surface area contributed by atoms with E-state index in [1.54, 1.807) is 24.6 Å².